The number of aromatic amines is 1. The van der Waals surface area contributed by atoms with Crippen molar-refractivity contribution in [3.05, 3.63) is 77.1 Å². The highest BCUT2D eigenvalue weighted by Gasteiger charge is 2.22. The Labute approximate surface area is 235 Å². The first kappa shape index (κ1) is 27.4. The molecule has 0 spiro atoms. The first-order chi connectivity index (χ1) is 19.3. The van der Waals surface area contributed by atoms with E-state index in [2.05, 4.69) is 52.7 Å². The largest absolute Gasteiger partial charge is 0.355 e. The normalized spacial score (nSPS) is 15.4. The molecule has 2 aromatic heterocycles. The van der Waals surface area contributed by atoms with Crippen molar-refractivity contribution in [2.75, 3.05) is 23.7 Å². The SMILES string of the molecule is CC(=O)N1CCC[C@@H](CCc2n[nH]c3nccc(Nc4cccc(C(=O)Nc5ccc(C(C)C)c(C)c5)c4)c23)C1. The predicted molar refractivity (Wildman–Crippen MR) is 160 cm³/mol. The fourth-order valence-corrected chi connectivity index (χ4v) is 5.73. The molecule has 0 aliphatic carbocycles. The summed E-state index contributed by atoms with van der Waals surface area (Å²) in [4.78, 5) is 31.4. The predicted octanol–water partition coefficient (Wildman–Crippen LogP) is 6.58. The second-order valence-corrected chi connectivity index (χ2v) is 11.2. The van der Waals surface area contributed by atoms with Crippen molar-refractivity contribution in [2.45, 2.75) is 59.3 Å². The second kappa shape index (κ2) is 11.9. The summed E-state index contributed by atoms with van der Waals surface area (Å²) in [6.45, 7) is 9.74. The molecule has 1 aliphatic rings. The van der Waals surface area contributed by atoms with Crippen LogP contribution in [-0.4, -0.2) is 45.0 Å². The lowest BCUT2D eigenvalue weighted by Crippen LogP contribution is -2.38. The number of benzene rings is 2. The maximum atomic E-state index is 13.1. The van der Waals surface area contributed by atoms with Gasteiger partial charge in [0.25, 0.3) is 5.91 Å². The summed E-state index contributed by atoms with van der Waals surface area (Å²) in [5.41, 5.74) is 7.18. The van der Waals surface area contributed by atoms with Crippen molar-refractivity contribution in [1.29, 1.82) is 0 Å². The lowest BCUT2D eigenvalue weighted by Gasteiger charge is -2.32. The molecule has 5 rings (SSSR count). The Morgan fingerprint density at radius 3 is 2.75 bits per heavy atom. The zero-order valence-corrected chi connectivity index (χ0v) is 23.8. The molecule has 2 amide bonds. The number of H-pyrrole nitrogens is 1. The van der Waals surface area contributed by atoms with Gasteiger partial charge in [-0.1, -0.05) is 26.0 Å². The van der Waals surface area contributed by atoms with Gasteiger partial charge in [0.2, 0.25) is 5.91 Å². The van der Waals surface area contributed by atoms with E-state index >= 15 is 0 Å². The van der Waals surface area contributed by atoms with Crippen molar-refractivity contribution in [1.82, 2.24) is 20.1 Å². The second-order valence-electron chi connectivity index (χ2n) is 11.2. The molecule has 1 fully saturated rings. The third kappa shape index (κ3) is 6.17. The van der Waals surface area contributed by atoms with E-state index in [9.17, 15) is 9.59 Å². The smallest absolute Gasteiger partial charge is 0.255 e. The Balaban J connectivity index is 1.30. The Morgan fingerprint density at radius 1 is 1.12 bits per heavy atom. The number of nitrogens with zero attached hydrogens (tertiary/aromatic N) is 3. The Bertz CT molecular complexity index is 1530. The van der Waals surface area contributed by atoms with E-state index in [1.54, 1.807) is 13.1 Å². The molecule has 0 radical (unpaired) electrons. The number of fused-ring (bicyclic) bond motifs is 1. The van der Waals surface area contributed by atoms with Crippen LogP contribution in [0.4, 0.5) is 17.1 Å². The summed E-state index contributed by atoms with van der Waals surface area (Å²) in [6, 6.07) is 15.5. The summed E-state index contributed by atoms with van der Waals surface area (Å²) in [6.07, 6.45) is 5.69. The highest BCUT2D eigenvalue weighted by molar-refractivity contribution is 6.05. The molecule has 3 heterocycles. The summed E-state index contributed by atoms with van der Waals surface area (Å²) >= 11 is 0. The molecule has 3 N–H and O–H groups in total. The van der Waals surface area contributed by atoms with Crippen LogP contribution in [0.3, 0.4) is 0 Å². The Morgan fingerprint density at radius 2 is 1.98 bits per heavy atom. The van der Waals surface area contributed by atoms with Crippen LogP contribution >= 0.6 is 0 Å². The van der Waals surface area contributed by atoms with E-state index < -0.39 is 0 Å². The number of aromatic nitrogens is 3. The lowest BCUT2D eigenvalue weighted by molar-refractivity contribution is -0.130. The van der Waals surface area contributed by atoms with Gasteiger partial charge in [-0.3, -0.25) is 14.7 Å². The highest BCUT2D eigenvalue weighted by Crippen LogP contribution is 2.30. The fourth-order valence-electron chi connectivity index (χ4n) is 5.73. The number of amides is 2. The molecule has 208 valence electrons. The van der Waals surface area contributed by atoms with E-state index in [4.69, 9.17) is 0 Å². The fraction of sp³-hybridized carbons (Fsp3) is 0.375. The Hall–Kier alpha value is -4.20. The first-order valence-electron chi connectivity index (χ1n) is 14.1. The lowest BCUT2D eigenvalue weighted by atomic mass is 9.92. The Kier molecular flexibility index (Phi) is 8.14. The maximum absolute atomic E-state index is 13.1. The van der Waals surface area contributed by atoms with Gasteiger partial charge in [0.05, 0.1) is 16.8 Å². The number of carbonyl (C=O) groups excluding carboxylic acids is 2. The van der Waals surface area contributed by atoms with Gasteiger partial charge < -0.3 is 15.5 Å². The van der Waals surface area contributed by atoms with Gasteiger partial charge in [0.15, 0.2) is 5.65 Å². The summed E-state index contributed by atoms with van der Waals surface area (Å²) in [5.74, 6) is 0.905. The van der Waals surface area contributed by atoms with Crippen LogP contribution in [-0.2, 0) is 11.2 Å². The monoisotopic (exact) mass is 538 g/mol. The summed E-state index contributed by atoms with van der Waals surface area (Å²) < 4.78 is 0. The zero-order valence-electron chi connectivity index (χ0n) is 23.8. The zero-order chi connectivity index (χ0) is 28.2. The van der Waals surface area contributed by atoms with Crippen molar-refractivity contribution < 1.29 is 9.59 Å². The third-order valence-electron chi connectivity index (χ3n) is 7.84. The number of hydrogen-bond donors (Lipinski definition) is 3. The molecule has 8 heteroatoms. The van der Waals surface area contributed by atoms with Crippen molar-refractivity contribution in [3.8, 4) is 0 Å². The molecule has 0 bridgehead atoms. The number of pyridine rings is 1. The molecular formula is C32H38N6O2. The van der Waals surface area contributed by atoms with Gasteiger partial charge >= 0.3 is 0 Å². The summed E-state index contributed by atoms with van der Waals surface area (Å²) in [5, 5.41) is 15.1. The average Bonchev–Trinajstić information content (AvgIpc) is 3.36. The topological polar surface area (TPSA) is 103 Å². The van der Waals surface area contributed by atoms with Crippen LogP contribution in [0.25, 0.3) is 11.0 Å². The number of nitrogens with one attached hydrogen (secondary N) is 3. The van der Waals surface area contributed by atoms with Gasteiger partial charge in [-0.2, -0.15) is 5.10 Å². The number of anilines is 3. The van der Waals surface area contributed by atoms with E-state index in [-0.39, 0.29) is 11.8 Å². The van der Waals surface area contributed by atoms with Gasteiger partial charge in [0, 0.05) is 43.1 Å². The minimum atomic E-state index is -0.156. The highest BCUT2D eigenvalue weighted by atomic mass is 16.2. The van der Waals surface area contributed by atoms with E-state index in [1.165, 1.54) is 11.1 Å². The molecule has 1 atom stereocenters. The molecule has 0 saturated carbocycles. The number of aryl methyl sites for hydroxylation is 2. The maximum Gasteiger partial charge on any atom is 0.255 e. The number of rotatable bonds is 8. The van der Waals surface area contributed by atoms with Gasteiger partial charge in [-0.15, -0.1) is 0 Å². The van der Waals surface area contributed by atoms with Crippen molar-refractivity contribution in [2.24, 2.45) is 5.92 Å². The van der Waals surface area contributed by atoms with E-state index in [1.807, 2.05) is 47.4 Å². The molecule has 4 aromatic rings. The molecule has 2 aromatic carbocycles. The van der Waals surface area contributed by atoms with E-state index in [0.29, 0.717) is 17.4 Å². The molecular weight excluding hydrogens is 500 g/mol. The summed E-state index contributed by atoms with van der Waals surface area (Å²) in [7, 11) is 0. The minimum absolute atomic E-state index is 0.153. The van der Waals surface area contributed by atoms with Gasteiger partial charge in [0.1, 0.15) is 0 Å². The van der Waals surface area contributed by atoms with Crippen LogP contribution < -0.4 is 10.6 Å². The molecule has 1 aliphatic heterocycles. The number of carbonyl (C=O) groups is 2. The number of likely N-dealkylation sites (tertiary alicyclic amines) is 1. The van der Waals surface area contributed by atoms with Crippen LogP contribution in [0.2, 0.25) is 0 Å². The average molecular weight is 539 g/mol. The molecule has 8 nitrogen and oxygen atoms in total. The minimum Gasteiger partial charge on any atom is -0.355 e. The van der Waals surface area contributed by atoms with Gasteiger partial charge in [-0.25, -0.2) is 4.98 Å². The van der Waals surface area contributed by atoms with Gasteiger partial charge in [-0.05, 0) is 92.0 Å². The standard InChI is InChI=1S/C32H38N6O2/c1-20(2)27-12-11-26(17-21(27)3)35-32(40)24-8-5-9-25(18-24)34-28-14-15-33-31-30(28)29(36-37-31)13-10-23-7-6-16-38(19-23)22(4)39/h5,8-9,11-12,14-15,17-18,20,23H,6-7,10,13,16,19H2,1-4H3,(H,35,40)(H2,33,34,36,37)/t23-/m0/s1. The number of piperidine rings is 1. The molecule has 1 saturated heterocycles. The van der Waals surface area contributed by atoms with Crippen LogP contribution in [0.1, 0.15) is 73.1 Å². The van der Waals surface area contributed by atoms with E-state index in [0.717, 1.165) is 72.6 Å². The van der Waals surface area contributed by atoms with Crippen LogP contribution in [0, 0.1) is 12.8 Å². The third-order valence-corrected chi connectivity index (χ3v) is 7.84. The quantitative estimate of drug-likeness (QED) is 0.235. The van der Waals surface area contributed by atoms with Crippen molar-refractivity contribution >= 4 is 39.9 Å². The van der Waals surface area contributed by atoms with Crippen LogP contribution in [0.5, 0.6) is 0 Å². The number of hydrogen-bond acceptors (Lipinski definition) is 5. The van der Waals surface area contributed by atoms with Crippen LogP contribution in [0.15, 0.2) is 54.7 Å². The molecule has 0 unspecified atom stereocenters. The molecule has 40 heavy (non-hydrogen) atoms. The van der Waals surface area contributed by atoms with Crippen molar-refractivity contribution in [3.63, 3.8) is 0 Å². The first-order valence-corrected chi connectivity index (χ1v) is 14.1.